The maximum atomic E-state index is 12.4. The predicted octanol–water partition coefficient (Wildman–Crippen LogP) is 1.97. The molecule has 0 N–H and O–H groups in total. The fourth-order valence-electron chi connectivity index (χ4n) is 3.13. The molecule has 0 unspecified atom stereocenters. The van der Waals surface area contributed by atoms with E-state index in [0.717, 1.165) is 36.6 Å². The molecule has 0 fully saturated rings. The van der Waals surface area contributed by atoms with Crippen molar-refractivity contribution < 1.29 is 14.3 Å². The Kier molecular flexibility index (Phi) is 4.00. The van der Waals surface area contributed by atoms with Gasteiger partial charge in [-0.15, -0.1) is 10.2 Å². The van der Waals surface area contributed by atoms with Gasteiger partial charge in [0.2, 0.25) is 12.3 Å². The van der Waals surface area contributed by atoms with Crippen molar-refractivity contribution in [2.24, 2.45) is 0 Å². The maximum absolute atomic E-state index is 12.4. The molecule has 0 atom stereocenters. The van der Waals surface area contributed by atoms with Crippen molar-refractivity contribution in [3.05, 3.63) is 70.3 Å². The first kappa shape index (κ1) is 16.1. The maximum Gasteiger partial charge on any atom is 0.270 e. The van der Waals surface area contributed by atoms with Crippen molar-refractivity contribution in [3.8, 4) is 11.4 Å². The molecule has 0 amide bonds. The standard InChI is InChI=1S/C18H16N5O3/c24-16(14-3-1-4-15(11-14)23(25)26)12-21-9-6-13(7-10-21)18-20-19-17-5-2-8-22(17)18/h1,3-4,6-7,9-11H,2,5,8,12H2/q+1. The van der Waals surface area contributed by atoms with Crippen LogP contribution in [0.15, 0.2) is 48.8 Å². The smallest absolute Gasteiger partial charge is 0.270 e. The van der Waals surface area contributed by atoms with Gasteiger partial charge in [-0.05, 0) is 6.42 Å². The summed E-state index contributed by atoms with van der Waals surface area (Å²) in [5, 5.41) is 19.3. The first-order valence-electron chi connectivity index (χ1n) is 8.31. The van der Waals surface area contributed by atoms with Gasteiger partial charge in [0.05, 0.1) is 4.92 Å². The quantitative estimate of drug-likeness (QED) is 0.303. The molecule has 0 radical (unpaired) electrons. The molecule has 1 aliphatic rings. The minimum Gasteiger partial charge on any atom is -0.311 e. The molecule has 0 saturated carbocycles. The number of aryl methyl sites for hydroxylation is 1. The van der Waals surface area contributed by atoms with Crippen LogP contribution in [0.4, 0.5) is 5.69 Å². The van der Waals surface area contributed by atoms with Crippen LogP contribution in [0.5, 0.6) is 0 Å². The molecule has 0 bridgehead atoms. The summed E-state index contributed by atoms with van der Waals surface area (Å²) in [7, 11) is 0. The lowest BCUT2D eigenvalue weighted by molar-refractivity contribution is -0.683. The fourth-order valence-corrected chi connectivity index (χ4v) is 3.13. The minimum atomic E-state index is -0.504. The van der Waals surface area contributed by atoms with Gasteiger partial charge in [-0.25, -0.2) is 0 Å². The van der Waals surface area contributed by atoms with Gasteiger partial charge < -0.3 is 4.57 Å². The molecule has 3 heterocycles. The van der Waals surface area contributed by atoms with E-state index in [0.29, 0.717) is 5.56 Å². The van der Waals surface area contributed by atoms with Crippen molar-refractivity contribution in [1.82, 2.24) is 14.8 Å². The molecule has 130 valence electrons. The average molecular weight is 350 g/mol. The number of carbonyl (C=O) groups excluding carboxylic acids is 1. The summed E-state index contributed by atoms with van der Waals surface area (Å²) in [5.74, 6) is 1.67. The van der Waals surface area contributed by atoms with E-state index in [-0.39, 0.29) is 18.0 Å². The zero-order chi connectivity index (χ0) is 18.1. The van der Waals surface area contributed by atoms with E-state index >= 15 is 0 Å². The summed E-state index contributed by atoms with van der Waals surface area (Å²) < 4.78 is 3.86. The number of ketones is 1. The van der Waals surface area contributed by atoms with Crippen LogP contribution < -0.4 is 4.57 Å². The van der Waals surface area contributed by atoms with Crippen LogP contribution >= 0.6 is 0 Å². The molecule has 3 aromatic rings. The lowest BCUT2D eigenvalue weighted by Gasteiger charge is -2.02. The van der Waals surface area contributed by atoms with Crippen LogP contribution in [0, 0.1) is 10.1 Å². The summed E-state index contributed by atoms with van der Waals surface area (Å²) in [6.07, 6.45) is 5.66. The molecule has 4 rings (SSSR count). The Labute approximate surface area is 148 Å². The predicted molar refractivity (Wildman–Crippen MR) is 91.4 cm³/mol. The number of hydrogen-bond acceptors (Lipinski definition) is 5. The second-order valence-electron chi connectivity index (χ2n) is 6.18. The van der Waals surface area contributed by atoms with E-state index < -0.39 is 4.92 Å². The third-order valence-electron chi connectivity index (χ3n) is 4.46. The molecular weight excluding hydrogens is 334 g/mol. The first-order chi connectivity index (χ1) is 12.6. The summed E-state index contributed by atoms with van der Waals surface area (Å²) >= 11 is 0. The van der Waals surface area contributed by atoms with Crippen molar-refractivity contribution in [3.63, 3.8) is 0 Å². The zero-order valence-electron chi connectivity index (χ0n) is 13.9. The van der Waals surface area contributed by atoms with E-state index in [1.807, 2.05) is 12.1 Å². The van der Waals surface area contributed by atoms with Gasteiger partial charge in [-0.3, -0.25) is 14.9 Å². The highest BCUT2D eigenvalue weighted by molar-refractivity contribution is 5.95. The Balaban J connectivity index is 1.51. The number of pyridine rings is 1. The number of rotatable bonds is 5. The number of nitro benzene ring substituents is 1. The Hall–Kier alpha value is -3.42. The van der Waals surface area contributed by atoms with Gasteiger partial charge in [0, 0.05) is 48.4 Å². The normalized spacial score (nSPS) is 12.8. The van der Waals surface area contributed by atoms with Crippen LogP contribution in [0.1, 0.15) is 22.6 Å². The number of aromatic nitrogens is 4. The van der Waals surface area contributed by atoms with Crippen molar-refractivity contribution in [1.29, 1.82) is 0 Å². The summed E-state index contributed by atoms with van der Waals surface area (Å²) in [6, 6.07) is 9.58. The van der Waals surface area contributed by atoms with Crippen molar-refractivity contribution in [2.75, 3.05) is 0 Å². The fraction of sp³-hybridized carbons (Fsp3) is 0.222. The molecule has 0 aliphatic carbocycles. The van der Waals surface area contributed by atoms with Gasteiger partial charge in [0.15, 0.2) is 18.2 Å². The second-order valence-corrected chi connectivity index (χ2v) is 6.18. The number of carbonyl (C=O) groups is 1. The number of benzene rings is 1. The number of Topliss-reactive ketones (excluding diaryl/α,β-unsaturated/α-hetero) is 1. The monoisotopic (exact) mass is 350 g/mol. The van der Waals surface area contributed by atoms with E-state index in [2.05, 4.69) is 14.8 Å². The van der Waals surface area contributed by atoms with Crippen LogP contribution in [0.25, 0.3) is 11.4 Å². The van der Waals surface area contributed by atoms with Crippen molar-refractivity contribution in [2.45, 2.75) is 25.9 Å². The molecule has 2 aromatic heterocycles. The van der Waals surface area contributed by atoms with Gasteiger partial charge in [0.25, 0.3) is 5.69 Å². The van der Waals surface area contributed by atoms with Gasteiger partial charge in [-0.2, -0.15) is 4.57 Å². The molecule has 1 aliphatic heterocycles. The summed E-state index contributed by atoms with van der Waals surface area (Å²) in [5.41, 5.74) is 1.19. The van der Waals surface area contributed by atoms with E-state index in [4.69, 9.17) is 0 Å². The number of nitro groups is 1. The Morgan fingerprint density at radius 2 is 2.04 bits per heavy atom. The highest BCUT2D eigenvalue weighted by Crippen LogP contribution is 2.22. The number of nitrogens with zero attached hydrogens (tertiary/aromatic N) is 5. The van der Waals surface area contributed by atoms with Gasteiger partial charge in [-0.1, -0.05) is 12.1 Å². The Morgan fingerprint density at radius 3 is 2.81 bits per heavy atom. The Morgan fingerprint density at radius 1 is 1.23 bits per heavy atom. The first-order valence-corrected chi connectivity index (χ1v) is 8.31. The Bertz CT molecular complexity index is 994. The molecular formula is C18H16N5O3+. The second kappa shape index (κ2) is 6.47. The molecule has 0 spiro atoms. The van der Waals surface area contributed by atoms with Crippen LogP contribution in [-0.2, 0) is 19.5 Å². The lowest BCUT2D eigenvalue weighted by atomic mass is 10.1. The average Bonchev–Trinajstić information content (AvgIpc) is 3.26. The SMILES string of the molecule is O=C(C[n+]1ccc(-c2nnc3n2CCC3)cc1)c1cccc([N+](=O)[O-])c1. The van der Waals surface area contributed by atoms with Gasteiger partial charge in [0.1, 0.15) is 5.82 Å². The van der Waals surface area contributed by atoms with E-state index in [1.54, 1.807) is 23.0 Å². The number of hydrogen-bond donors (Lipinski definition) is 0. The number of fused-ring (bicyclic) bond motifs is 1. The molecule has 8 heteroatoms. The lowest BCUT2D eigenvalue weighted by Crippen LogP contribution is -2.37. The molecule has 8 nitrogen and oxygen atoms in total. The topological polar surface area (TPSA) is 94.8 Å². The summed E-state index contributed by atoms with van der Waals surface area (Å²) in [6.45, 7) is 1.04. The third kappa shape index (κ3) is 2.97. The van der Waals surface area contributed by atoms with Crippen LogP contribution in [0.2, 0.25) is 0 Å². The van der Waals surface area contributed by atoms with Crippen LogP contribution in [0.3, 0.4) is 0 Å². The van der Waals surface area contributed by atoms with Crippen molar-refractivity contribution >= 4 is 11.5 Å². The number of non-ortho nitro benzene ring substituents is 1. The summed E-state index contributed by atoms with van der Waals surface area (Å²) in [4.78, 5) is 22.7. The molecule has 26 heavy (non-hydrogen) atoms. The molecule has 0 saturated heterocycles. The van der Waals surface area contributed by atoms with E-state index in [1.165, 1.54) is 18.2 Å². The largest absolute Gasteiger partial charge is 0.311 e. The zero-order valence-corrected chi connectivity index (χ0v) is 13.9. The highest BCUT2D eigenvalue weighted by Gasteiger charge is 2.20. The van der Waals surface area contributed by atoms with E-state index in [9.17, 15) is 14.9 Å². The third-order valence-corrected chi connectivity index (χ3v) is 4.46. The minimum absolute atomic E-state index is 0.0862. The highest BCUT2D eigenvalue weighted by atomic mass is 16.6. The van der Waals surface area contributed by atoms with Gasteiger partial charge >= 0.3 is 0 Å². The van der Waals surface area contributed by atoms with Crippen LogP contribution in [-0.4, -0.2) is 25.5 Å². The molecule has 1 aromatic carbocycles.